The molecule has 2 heterocycles. The molecule has 0 spiro atoms. The number of fused-ring (bicyclic) bond motifs is 2. The molecule has 0 saturated heterocycles. The zero-order chi connectivity index (χ0) is 23.8. The summed E-state index contributed by atoms with van der Waals surface area (Å²) in [5.41, 5.74) is 2.80. The van der Waals surface area contributed by atoms with Crippen LogP contribution in [0.4, 0.5) is 5.13 Å². The lowest BCUT2D eigenvalue weighted by Gasteiger charge is -2.39. The van der Waals surface area contributed by atoms with Crippen molar-refractivity contribution in [2.45, 2.75) is 12.0 Å². The predicted octanol–water partition coefficient (Wildman–Crippen LogP) is 4.86. The highest BCUT2D eigenvalue weighted by Crippen LogP contribution is 2.44. The SMILES string of the molecule is COc1ccc([C@H]2[C@@H](C(=O)Nc3nc4ccccc4s3)c3ccccc3C(=O)N2C)cc1OC. The Hall–Kier alpha value is -3.91. The molecule has 0 unspecified atom stereocenters. The summed E-state index contributed by atoms with van der Waals surface area (Å²) in [5, 5.41) is 3.53. The number of amides is 2. The Labute approximate surface area is 200 Å². The van der Waals surface area contributed by atoms with Gasteiger partial charge in [0.2, 0.25) is 5.91 Å². The maximum absolute atomic E-state index is 13.8. The molecule has 0 saturated carbocycles. The Balaban J connectivity index is 1.60. The molecule has 1 aliphatic rings. The van der Waals surface area contributed by atoms with Crippen LogP contribution in [0.2, 0.25) is 0 Å². The minimum atomic E-state index is -0.649. The number of anilines is 1. The number of likely N-dealkylation sites (N-methyl/N-ethyl adjacent to an activating group) is 1. The first-order chi connectivity index (χ1) is 16.5. The Bertz CT molecular complexity index is 1370. The molecule has 8 heteroatoms. The van der Waals surface area contributed by atoms with Crippen LogP contribution in [-0.4, -0.2) is 43.0 Å². The minimum absolute atomic E-state index is 0.139. The summed E-state index contributed by atoms with van der Waals surface area (Å²) in [6.07, 6.45) is 0. The largest absolute Gasteiger partial charge is 0.493 e. The fourth-order valence-corrected chi connectivity index (χ4v) is 5.39. The Morgan fingerprint density at radius 1 is 1.00 bits per heavy atom. The van der Waals surface area contributed by atoms with E-state index in [0.717, 1.165) is 15.8 Å². The van der Waals surface area contributed by atoms with Crippen molar-refractivity contribution in [2.75, 3.05) is 26.6 Å². The van der Waals surface area contributed by atoms with E-state index in [1.807, 2.05) is 54.6 Å². The Kier molecular flexibility index (Phi) is 5.67. The first kappa shape index (κ1) is 21.9. The van der Waals surface area contributed by atoms with Gasteiger partial charge in [0.05, 0.1) is 36.4 Å². The standard InChI is InChI=1S/C26H23N3O4S/c1-29-23(15-12-13-19(32-2)20(14-15)33-3)22(16-8-4-5-9-17(16)25(29)31)24(30)28-26-27-18-10-6-7-11-21(18)34-26/h4-14,22-23H,1-3H3,(H,27,28,30)/t22-,23-/m0/s1. The van der Waals surface area contributed by atoms with Crippen LogP contribution in [0.5, 0.6) is 11.5 Å². The van der Waals surface area contributed by atoms with Gasteiger partial charge < -0.3 is 19.7 Å². The molecule has 1 N–H and O–H groups in total. The smallest absolute Gasteiger partial charge is 0.254 e. The number of rotatable bonds is 5. The lowest BCUT2D eigenvalue weighted by atomic mass is 9.79. The number of hydrogen-bond acceptors (Lipinski definition) is 6. The number of carbonyl (C=O) groups is 2. The number of nitrogens with zero attached hydrogens (tertiary/aromatic N) is 2. The van der Waals surface area contributed by atoms with E-state index >= 15 is 0 Å². The van der Waals surface area contributed by atoms with Crippen LogP contribution in [0.15, 0.2) is 66.7 Å². The van der Waals surface area contributed by atoms with Crippen molar-refractivity contribution in [2.24, 2.45) is 0 Å². The van der Waals surface area contributed by atoms with E-state index in [4.69, 9.17) is 9.47 Å². The highest BCUT2D eigenvalue weighted by molar-refractivity contribution is 7.22. The van der Waals surface area contributed by atoms with Crippen molar-refractivity contribution in [1.29, 1.82) is 0 Å². The average Bonchev–Trinajstić information content (AvgIpc) is 3.27. The molecular weight excluding hydrogens is 450 g/mol. The molecule has 0 radical (unpaired) electrons. The molecule has 3 aromatic carbocycles. The van der Waals surface area contributed by atoms with E-state index in [9.17, 15) is 9.59 Å². The van der Waals surface area contributed by atoms with Gasteiger partial charge in [0.15, 0.2) is 16.6 Å². The quantitative estimate of drug-likeness (QED) is 0.448. The summed E-state index contributed by atoms with van der Waals surface area (Å²) >= 11 is 1.42. The zero-order valence-corrected chi connectivity index (χ0v) is 19.8. The lowest BCUT2D eigenvalue weighted by molar-refractivity contribution is -0.119. The molecule has 172 valence electrons. The van der Waals surface area contributed by atoms with Crippen LogP contribution in [-0.2, 0) is 4.79 Å². The molecule has 1 aliphatic heterocycles. The third-order valence-corrected chi connectivity index (χ3v) is 7.09. The molecule has 34 heavy (non-hydrogen) atoms. The molecule has 5 rings (SSSR count). The lowest BCUT2D eigenvalue weighted by Crippen LogP contribution is -2.44. The summed E-state index contributed by atoms with van der Waals surface area (Å²) in [5.74, 6) is 0.0889. The molecule has 4 aromatic rings. The van der Waals surface area contributed by atoms with Crippen LogP contribution in [0.25, 0.3) is 10.2 Å². The second-order valence-corrected chi connectivity index (χ2v) is 9.05. The fraction of sp³-hybridized carbons (Fsp3) is 0.192. The van der Waals surface area contributed by atoms with Gasteiger partial charge in [-0.3, -0.25) is 9.59 Å². The predicted molar refractivity (Wildman–Crippen MR) is 132 cm³/mol. The van der Waals surface area contributed by atoms with Crippen molar-refractivity contribution < 1.29 is 19.1 Å². The summed E-state index contributed by atoms with van der Waals surface area (Å²) in [4.78, 5) is 33.2. The molecule has 2 atom stereocenters. The van der Waals surface area contributed by atoms with Crippen molar-refractivity contribution in [3.63, 3.8) is 0 Å². The van der Waals surface area contributed by atoms with Gasteiger partial charge in [0.25, 0.3) is 5.91 Å². The number of para-hydroxylation sites is 1. The fourth-order valence-electron chi connectivity index (χ4n) is 4.52. The van der Waals surface area contributed by atoms with Gasteiger partial charge in [0, 0.05) is 12.6 Å². The molecule has 1 aromatic heterocycles. The van der Waals surface area contributed by atoms with Gasteiger partial charge in [-0.2, -0.15) is 0 Å². The molecule has 7 nitrogen and oxygen atoms in total. The highest BCUT2D eigenvalue weighted by Gasteiger charge is 2.43. The topological polar surface area (TPSA) is 80.8 Å². The Morgan fingerprint density at radius 2 is 1.74 bits per heavy atom. The van der Waals surface area contributed by atoms with Crippen molar-refractivity contribution in [3.05, 3.63) is 83.4 Å². The van der Waals surface area contributed by atoms with Gasteiger partial charge in [-0.15, -0.1) is 0 Å². The molecular formula is C26H23N3O4S. The number of methoxy groups -OCH3 is 2. The average molecular weight is 474 g/mol. The van der Waals surface area contributed by atoms with Crippen molar-refractivity contribution in [3.8, 4) is 11.5 Å². The number of carbonyl (C=O) groups excluding carboxylic acids is 2. The highest BCUT2D eigenvalue weighted by atomic mass is 32.1. The number of aromatic nitrogens is 1. The molecule has 2 amide bonds. The summed E-state index contributed by atoms with van der Waals surface area (Å²) < 4.78 is 11.9. The van der Waals surface area contributed by atoms with Gasteiger partial charge in [-0.25, -0.2) is 4.98 Å². The van der Waals surface area contributed by atoms with Gasteiger partial charge in [0.1, 0.15) is 0 Å². The number of benzene rings is 3. The zero-order valence-electron chi connectivity index (χ0n) is 18.9. The van der Waals surface area contributed by atoms with Crippen LogP contribution < -0.4 is 14.8 Å². The van der Waals surface area contributed by atoms with Crippen LogP contribution in [0.1, 0.15) is 33.4 Å². The molecule has 0 fully saturated rings. The first-order valence-corrected chi connectivity index (χ1v) is 11.6. The van der Waals surface area contributed by atoms with E-state index in [2.05, 4.69) is 10.3 Å². The molecule has 0 bridgehead atoms. The van der Waals surface area contributed by atoms with Crippen LogP contribution >= 0.6 is 11.3 Å². The van der Waals surface area contributed by atoms with Gasteiger partial charge in [-0.1, -0.05) is 47.7 Å². The van der Waals surface area contributed by atoms with E-state index in [0.29, 0.717) is 27.8 Å². The van der Waals surface area contributed by atoms with Crippen molar-refractivity contribution >= 4 is 38.5 Å². The second-order valence-electron chi connectivity index (χ2n) is 8.02. The minimum Gasteiger partial charge on any atom is -0.493 e. The number of hydrogen-bond donors (Lipinski definition) is 1. The third-order valence-electron chi connectivity index (χ3n) is 6.14. The number of thiazole rings is 1. The van der Waals surface area contributed by atoms with E-state index in [1.54, 1.807) is 38.3 Å². The first-order valence-electron chi connectivity index (χ1n) is 10.8. The summed E-state index contributed by atoms with van der Waals surface area (Å²) in [7, 11) is 4.85. The third kappa shape index (κ3) is 3.66. The number of ether oxygens (including phenoxy) is 2. The van der Waals surface area contributed by atoms with E-state index in [1.165, 1.54) is 11.3 Å². The van der Waals surface area contributed by atoms with Gasteiger partial charge in [-0.05, 0) is 41.5 Å². The summed E-state index contributed by atoms with van der Waals surface area (Å²) in [6, 6.07) is 19.9. The maximum Gasteiger partial charge on any atom is 0.254 e. The van der Waals surface area contributed by atoms with Crippen LogP contribution in [0.3, 0.4) is 0 Å². The second kappa shape index (κ2) is 8.79. The van der Waals surface area contributed by atoms with Crippen molar-refractivity contribution in [1.82, 2.24) is 9.88 Å². The van der Waals surface area contributed by atoms with Gasteiger partial charge >= 0.3 is 0 Å². The normalized spacial score (nSPS) is 17.4. The number of nitrogens with one attached hydrogen (secondary N) is 1. The van der Waals surface area contributed by atoms with Crippen LogP contribution in [0, 0.1) is 0 Å². The van der Waals surface area contributed by atoms with E-state index < -0.39 is 12.0 Å². The maximum atomic E-state index is 13.8. The summed E-state index contributed by atoms with van der Waals surface area (Å²) in [6.45, 7) is 0. The molecule has 0 aliphatic carbocycles. The Morgan fingerprint density at radius 3 is 2.50 bits per heavy atom. The monoisotopic (exact) mass is 473 g/mol. The van der Waals surface area contributed by atoms with E-state index in [-0.39, 0.29) is 11.8 Å².